The van der Waals surface area contributed by atoms with Crippen molar-refractivity contribution in [1.29, 1.82) is 0 Å². The van der Waals surface area contributed by atoms with Crippen LogP contribution in [0, 0.1) is 0 Å². The molecule has 4 nitrogen and oxygen atoms in total. The number of nitrogens with two attached hydrogens (primary N) is 1. The van der Waals surface area contributed by atoms with E-state index in [9.17, 15) is 4.21 Å². The molecular weight excluding hydrogens is 246 g/mol. The SMILES string of the molecule is CCC(N)Cc1ccc(N2CCS(=O)CC2)nc1. The minimum Gasteiger partial charge on any atom is -0.355 e. The molecule has 100 valence electrons. The van der Waals surface area contributed by atoms with Crippen molar-refractivity contribution in [2.24, 2.45) is 5.73 Å². The van der Waals surface area contributed by atoms with Gasteiger partial charge in [0.15, 0.2) is 0 Å². The Bertz CT molecular complexity index is 397. The van der Waals surface area contributed by atoms with Crippen molar-refractivity contribution in [1.82, 2.24) is 4.98 Å². The van der Waals surface area contributed by atoms with E-state index in [1.165, 1.54) is 5.56 Å². The second kappa shape index (κ2) is 6.29. The van der Waals surface area contributed by atoms with Gasteiger partial charge in [0.1, 0.15) is 5.82 Å². The molecule has 0 amide bonds. The quantitative estimate of drug-likeness (QED) is 0.881. The van der Waals surface area contributed by atoms with E-state index in [0.717, 1.165) is 43.3 Å². The zero-order valence-electron chi connectivity index (χ0n) is 10.8. The van der Waals surface area contributed by atoms with Crippen LogP contribution in [0.3, 0.4) is 0 Å². The molecule has 1 aromatic rings. The molecule has 2 rings (SSSR count). The first kappa shape index (κ1) is 13.5. The van der Waals surface area contributed by atoms with Crippen LogP contribution in [0.4, 0.5) is 5.82 Å². The highest BCUT2D eigenvalue weighted by molar-refractivity contribution is 7.85. The molecule has 0 radical (unpaired) electrons. The number of anilines is 1. The van der Waals surface area contributed by atoms with Crippen LogP contribution in [0.1, 0.15) is 18.9 Å². The smallest absolute Gasteiger partial charge is 0.128 e. The molecule has 0 aromatic carbocycles. The van der Waals surface area contributed by atoms with Crippen LogP contribution in [0.2, 0.25) is 0 Å². The summed E-state index contributed by atoms with van der Waals surface area (Å²) in [6, 6.07) is 4.37. The lowest BCUT2D eigenvalue weighted by molar-refractivity contribution is 0.644. The zero-order chi connectivity index (χ0) is 13.0. The standard InChI is InChI=1S/C13H21N3OS/c1-2-12(14)9-11-3-4-13(15-10-11)16-5-7-18(17)8-6-16/h3-4,10,12H,2,5-9,14H2,1H3. The summed E-state index contributed by atoms with van der Waals surface area (Å²) >= 11 is 0. The molecule has 0 aliphatic carbocycles. The fourth-order valence-corrected chi connectivity index (χ4v) is 3.09. The van der Waals surface area contributed by atoms with Crippen LogP contribution in [0.5, 0.6) is 0 Å². The first-order chi connectivity index (χ1) is 8.69. The van der Waals surface area contributed by atoms with E-state index in [-0.39, 0.29) is 6.04 Å². The van der Waals surface area contributed by atoms with Gasteiger partial charge in [-0.3, -0.25) is 4.21 Å². The van der Waals surface area contributed by atoms with Crippen molar-refractivity contribution in [2.45, 2.75) is 25.8 Å². The second-order valence-electron chi connectivity index (χ2n) is 4.73. The number of hydrogen-bond donors (Lipinski definition) is 1. The molecule has 1 fully saturated rings. The van der Waals surface area contributed by atoms with E-state index in [2.05, 4.69) is 22.9 Å². The maximum Gasteiger partial charge on any atom is 0.128 e. The average molecular weight is 267 g/mol. The molecule has 2 N–H and O–H groups in total. The molecule has 18 heavy (non-hydrogen) atoms. The summed E-state index contributed by atoms with van der Waals surface area (Å²) in [5.74, 6) is 2.49. The van der Waals surface area contributed by atoms with Gasteiger partial charge in [0.25, 0.3) is 0 Å². The van der Waals surface area contributed by atoms with Gasteiger partial charge in [-0.15, -0.1) is 0 Å². The molecule has 0 saturated carbocycles. The summed E-state index contributed by atoms with van der Waals surface area (Å²) in [7, 11) is -0.634. The fourth-order valence-electron chi connectivity index (χ4n) is 2.04. The third kappa shape index (κ3) is 3.53. The Kier molecular flexibility index (Phi) is 4.72. The van der Waals surface area contributed by atoms with Crippen molar-refractivity contribution in [3.05, 3.63) is 23.9 Å². The lowest BCUT2D eigenvalue weighted by atomic mass is 10.1. The zero-order valence-corrected chi connectivity index (χ0v) is 11.7. The Morgan fingerprint density at radius 3 is 2.72 bits per heavy atom. The van der Waals surface area contributed by atoms with E-state index >= 15 is 0 Å². The molecule has 1 aromatic heterocycles. The number of nitrogens with zero attached hydrogens (tertiary/aromatic N) is 2. The van der Waals surface area contributed by atoms with Gasteiger partial charge >= 0.3 is 0 Å². The van der Waals surface area contributed by atoms with E-state index < -0.39 is 10.8 Å². The van der Waals surface area contributed by atoms with Crippen molar-refractivity contribution in [3.8, 4) is 0 Å². The fraction of sp³-hybridized carbons (Fsp3) is 0.615. The van der Waals surface area contributed by atoms with Crippen molar-refractivity contribution < 1.29 is 4.21 Å². The second-order valence-corrected chi connectivity index (χ2v) is 6.43. The Morgan fingerprint density at radius 1 is 1.44 bits per heavy atom. The lowest BCUT2D eigenvalue weighted by Crippen LogP contribution is -2.38. The summed E-state index contributed by atoms with van der Waals surface area (Å²) in [5.41, 5.74) is 7.12. The molecule has 1 saturated heterocycles. The van der Waals surface area contributed by atoms with Crippen LogP contribution >= 0.6 is 0 Å². The Morgan fingerprint density at radius 2 is 2.17 bits per heavy atom. The Labute approximate surface area is 111 Å². The molecule has 1 atom stereocenters. The normalized spacial score (nSPS) is 18.9. The molecule has 0 spiro atoms. The minimum absolute atomic E-state index is 0.218. The van der Waals surface area contributed by atoms with Crippen molar-refractivity contribution >= 4 is 16.6 Å². The molecule has 1 aliphatic heterocycles. The van der Waals surface area contributed by atoms with Crippen LogP contribution in [0.15, 0.2) is 18.3 Å². The molecule has 2 heterocycles. The van der Waals surface area contributed by atoms with Crippen LogP contribution < -0.4 is 10.6 Å². The summed E-state index contributed by atoms with van der Waals surface area (Å²) < 4.78 is 11.3. The molecule has 5 heteroatoms. The number of aromatic nitrogens is 1. The van der Waals surface area contributed by atoms with Gasteiger partial charge in [-0.05, 0) is 24.5 Å². The highest BCUT2D eigenvalue weighted by Crippen LogP contribution is 2.14. The summed E-state index contributed by atoms with van der Waals surface area (Å²) in [4.78, 5) is 6.69. The van der Waals surface area contributed by atoms with Gasteiger partial charge in [-0.25, -0.2) is 4.98 Å². The van der Waals surface area contributed by atoms with Crippen LogP contribution in [-0.4, -0.2) is 39.8 Å². The van der Waals surface area contributed by atoms with E-state index in [1.807, 2.05) is 12.3 Å². The molecule has 1 aliphatic rings. The van der Waals surface area contributed by atoms with Gasteiger partial charge in [-0.1, -0.05) is 13.0 Å². The van der Waals surface area contributed by atoms with Gasteiger partial charge in [0.2, 0.25) is 0 Å². The third-order valence-corrected chi connectivity index (χ3v) is 4.61. The summed E-state index contributed by atoms with van der Waals surface area (Å²) in [6.45, 7) is 3.78. The highest BCUT2D eigenvalue weighted by atomic mass is 32.2. The third-order valence-electron chi connectivity index (χ3n) is 3.33. The predicted molar refractivity (Wildman–Crippen MR) is 76.3 cm³/mol. The van der Waals surface area contributed by atoms with E-state index in [1.54, 1.807) is 0 Å². The molecule has 0 bridgehead atoms. The van der Waals surface area contributed by atoms with Crippen molar-refractivity contribution in [3.63, 3.8) is 0 Å². The number of pyridine rings is 1. The maximum absolute atomic E-state index is 11.3. The van der Waals surface area contributed by atoms with Gasteiger partial charge in [0.05, 0.1) is 0 Å². The monoisotopic (exact) mass is 267 g/mol. The summed E-state index contributed by atoms with van der Waals surface area (Å²) in [5, 5.41) is 0. The first-order valence-electron chi connectivity index (χ1n) is 6.49. The van der Waals surface area contributed by atoms with E-state index in [0.29, 0.717) is 0 Å². The van der Waals surface area contributed by atoms with Gasteiger partial charge in [0, 0.05) is 47.6 Å². The number of hydrogen-bond acceptors (Lipinski definition) is 4. The summed E-state index contributed by atoms with van der Waals surface area (Å²) in [6.07, 6.45) is 3.78. The van der Waals surface area contributed by atoms with Crippen molar-refractivity contribution in [2.75, 3.05) is 29.5 Å². The van der Waals surface area contributed by atoms with Crippen LogP contribution in [0.25, 0.3) is 0 Å². The average Bonchev–Trinajstić information content (AvgIpc) is 2.40. The van der Waals surface area contributed by atoms with Gasteiger partial charge in [-0.2, -0.15) is 0 Å². The predicted octanol–water partition coefficient (Wildman–Crippen LogP) is 0.930. The minimum atomic E-state index is -0.634. The lowest BCUT2D eigenvalue weighted by Gasteiger charge is -2.27. The number of rotatable bonds is 4. The topological polar surface area (TPSA) is 59.2 Å². The van der Waals surface area contributed by atoms with Crippen LogP contribution in [-0.2, 0) is 17.2 Å². The Balaban J connectivity index is 1.97. The maximum atomic E-state index is 11.3. The highest BCUT2D eigenvalue weighted by Gasteiger charge is 2.16. The Hall–Kier alpha value is -0.940. The molecule has 1 unspecified atom stereocenters. The molecular formula is C13H21N3OS. The largest absolute Gasteiger partial charge is 0.355 e. The van der Waals surface area contributed by atoms with Gasteiger partial charge < -0.3 is 10.6 Å². The van der Waals surface area contributed by atoms with E-state index in [4.69, 9.17) is 5.73 Å². The first-order valence-corrected chi connectivity index (χ1v) is 7.98.